The van der Waals surface area contributed by atoms with E-state index in [-0.39, 0.29) is 5.41 Å². The van der Waals surface area contributed by atoms with Crippen LogP contribution in [0.3, 0.4) is 0 Å². The number of anilines is 1. The number of hydrogen-bond donors (Lipinski definition) is 1. The van der Waals surface area contributed by atoms with Crippen LogP contribution < -0.4 is 5.73 Å². The van der Waals surface area contributed by atoms with Crippen molar-refractivity contribution in [3.8, 4) is 0 Å². The molecule has 2 N–H and O–H groups in total. The van der Waals surface area contributed by atoms with E-state index in [1.165, 1.54) is 5.56 Å². The highest BCUT2D eigenvalue weighted by atomic mass is 16.5. The van der Waals surface area contributed by atoms with E-state index in [4.69, 9.17) is 10.3 Å². The zero-order chi connectivity index (χ0) is 11.9. The summed E-state index contributed by atoms with van der Waals surface area (Å²) >= 11 is 0. The second-order valence-electron chi connectivity index (χ2n) is 4.93. The van der Waals surface area contributed by atoms with Gasteiger partial charge in [0.05, 0.1) is 5.69 Å². The average Bonchev–Trinajstić information content (AvgIpc) is 2.74. The molecular formula is C14H16N2O. The molecule has 17 heavy (non-hydrogen) atoms. The first-order valence-corrected chi connectivity index (χ1v) is 6.02. The van der Waals surface area contributed by atoms with E-state index >= 15 is 0 Å². The smallest absolute Gasteiger partial charge is 0.225 e. The lowest BCUT2D eigenvalue weighted by atomic mass is 9.70. The molecule has 1 unspecified atom stereocenters. The van der Waals surface area contributed by atoms with E-state index in [1.807, 2.05) is 6.07 Å². The minimum absolute atomic E-state index is 0.0596. The number of nitrogens with two attached hydrogens (primary N) is 1. The molecular weight excluding hydrogens is 212 g/mol. The lowest BCUT2D eigenvalue weighted by Gasteiger charge is -2.32. The van der Waals surface area contributed by atoms with Crippen LogP contribution in [0.2, 0.25) is 0 Å². The van der Waals surface area contributed by atoms with Crippen LogP contribution in [0.5, 0.6) is 0 Å². The molecule has 0 saturated carbocycles. The van der Waals surface area contributed by atoms with Gasteiger partial charge in [-0.2, -0.15) is 0 Å². The van der Waals surface area contributed by atoms with Crippen LogP contribution in [0.15, 0.2) is 34.9 Å². The fourth-order valence-corrected chi connectivity index (χ4v) is 2.82. The van der Waals surface area contributed by atoms with Crippen molar-refractivity contribution in [2.45, 2.75) is 31.6 Å². The maximum atomic E-state index is 5.83. The van der Waals surface area contributed by atoms with Crippen molar-refractivity contribution in [2.24, 2.45) is 0 Å². The van der Waals surface area contributed by atoms with Crippen molar-refractivity contribution in [1.29, 1.82) is 0 Å². The highest BCUT2D eigenvalue weighted by molar-refractivity contribution is 5.48. The molecule has 0 amide bonds. The number of nitrogens with zero attached hydrogens (tertiary/aromatic N) is 1. The summed E-state index contributed by atoms with van der Waals surface area (Å²) in [4.78, 5) is 0. The summed E-state index contributed by atoms with van der Waals surface area (Å²) in [6, 6.07) is 10.5. The van der Waals surface area contributed by atoms with Gasteiger partial charge in [-0.3, -0.25) is 0 Å². The number of fused-ring (bicyclic) bond motifs is 1. The third kappa shape index (κ3) is 1.46. The minimum Gasteiger partial charge on any atom is -0.367 e. The highest BCUT2D eigenvalue weighted by Crippen LogP contribution is 2.43. The SMILES string of the molecule is CC1(c2ccccc2)CCCc2c1noc2N. The molecule has 0 bridgehead atoms. The topological polar surface area (TPSA) is 52.0 Å². The number of nitrogen functional groups attached to an aromatic ring is 1. The molecule has 1 aromatic heterocycles. The Hall–Kier alpha value is -1.77. The van der Waals surface area contributed by atoms with Crippen LogP contribution in [0, 0.1) is 0 Å². The third-order valence-corrected chi connectivity index (χ3v) is 3.86. The van der Waals surface area contributed by atoms with Crippen LogP contribution in [0.1, 0.15) is 36.6 Å². The van der Waals surface area contributed by atoms with E-state index in [1.54, 1.807) is 0 Å². The number of aromatic nitrogens is 1. The van der Waals surface area contributed by atoms with Gasteiger partial charge < -0.3 is 10.3 Å². The Bertz CT molecular complexity index is 532. The first kappa shape index (κ1) is 10.4. The zero-order valence-electron chi connectivity index (χ0n) is 9.94. The summed E-state index contributed by atoms with van der Waals surface area (Å²) in [6.45, 7) is 2.22. The van der Waals surface area contributed by atoms with Crippen LogP contribution in [-0.4, -0.2) is 5.16 Å². The van der Waals surface area contributed by atoms with Crippen LogP contribution in [0.25, 0.3) is 0 Å². The van der Waals surface area contributed by atoms with Crippen LogP contribution >= 0.6 is 0 Å². The molecule has 0 aliphatic heterocycles. The summed E-state index contributed by atoms with van der Waals surface area (Å²) in [7, 11) is 0. The summed E-state index contributed by atoms with van der Waals surface area (Å²) in [6.07, 6.45) is 3.20. The third-order valence-electron chi connectivity index (χ3n) is 3.86. The predicted molar refractivity (Wildman–Crippen MR) is 66.7 cm³/mol. The summed E-state index contributed by atoms with van der Waals surface area (Å²) < 4.78 is 5.16. The predicted octanol–water partition coefficient (Wildman–Crippen LogP) is 2.90. The van der Waals surface area contributed by atoms with E-state index in [2.05, 4.69) is 36.3 Å². The standard InChI is InChI=1S/C14H16N2O/c1-14(10-6-3-2-4-7-10)9-5-8-11-12(14)16-17-13(11)15/h2-4,6-7H,5,8-9,15H2,1H3. The van der Waals surface area contributed by atoms with E-state index in [0.29, 0.717) is 5.88 Å². The minimum atomic E-state index is -0.0596. The molecule has 1 aromatic carbocycles. The Morgan fingerprint density at radius 2 is 2.06 bits per heavy atom. The van der Waals surface area contributed by atoms with Gasteiger partial charge in [-0.15, -0.1) is 0 Å². The van der Waals surface area contributed by atoms with Gasteiger partial charge in [0.2, 0.25) is 5.88 Å². The fourth-order valence-electron chi connectivity index (χ4n) is 2.82. The maximum absolute atomic E-state index is 5.83. The molecule has 0 radical (unpaired) electrons. The molecule has 88 valence electrons. The first-order valence-electron chi connectivity index (χ1n) is 6.02. The molecule has 0 saturated heterocycles. The van der Waals surface area contributed by atoms with Crippen molar-refractivity contribution in [1.82, 2.24) is 5.16 Å². The van der Waals surface area contributed by atoms with Crippen molar-refractivity contribution in [2.75, 3.05) is 5.73 Å². The normalized spacial score (nSPS) is 23.4. The second kappa shape index (κ2) is 3.62. The lowest BCUT2D eigenvalue weighted by Crippen LogP contribution is -2.29. The van der Waals surface area contributed by atoms with E-state index in [9.17, 15) is 0 Å². The van der Waals surface area contributed by atoms with E-state index < -0.39 is 0 Å². The molecule has 1 aliphatic carbocycles. The summed E-state index contributed by atoms with van der Waals surface area (Å²) in [5, 5.41) is 4.19. The molecule has 3 heteroatoms. The van der Waals surface area contributed by atoms with Crippen LogP contribution in [0.4, 0.5) is 5.88 Å². The van der Waals surface area contributed by atoms with Crippen molar-refractivity contribution >= 4 is 5.88 Å². The van der Waals surface area contributed by atoms with Gasteiger partial charge in [0.1, 0.15) is 0 Å². The Morgan fingerprint density at radius 3 is 2.82 bits per heavy atom. The average molecular weight is 228 g/mol. The van der Waals surface area contributed by atoms with Gasteiger partial charge in [-0.05, 0) is 31.7 Å². The molecule has 2 aromatic rings. The van der Waals surface area contributed by atoms with Gasteiger partial charge >= 0.3 is 0 Å². The molecule has 1 aliphatic rings. The van der Waals surface area contributed by atoms with E-state index in [0.717, 1.165) is 30.5 Å². The van der Waals surface area contributed by atoms with Gasteiger partial charge in [0, 0.05) is 11.0 Å². The lowest BCUT2D eigenvalue weighted by molar-refractivity contribution is 0.390. The number of benzene rings is 1. The van der Waals surface area contributed by atoms with Gasteiger partial charge in [-0.1, -0.05) is 35.5 Å². The Kier molecular flexibility index (Phi) is 2.21. The summed E-state index contributed by atoms with van der Waals surface area (Å²) in [5.74, 6) is 0.488. The number of rotatable bonds is 1. The Morgan fingerprint density at radius 1 is 1.29 bits per heavy atom. The maximum Gasteiger partial charge on any atom is 0.225 e. The molecule has 0 fully saturated rings. The molecule has 1 heterocycles. The fraction of sp³-hybridized carbons (Fsp3) is 0.357. The number of hydrogen-bond acceptors (Lipinski definition) is 3. The van der Waals surface area contributed by atoms with Crippen molar-refractivity contribution in [3.05, 3.63) is 47.2 Å². The van der Waals surface area contributed by atoms with Crippen molar-refractivity contribution in [3.63, 3.8) is 0 Å². The zero-order valence-corrected chi connectivity index (χ0v) is 9.94. The van der Waals surface area contributed by atoms with Crippen molar-refractivity contribution < 1.29 is 4.52 Å². The monoisotopic (exact) mass is 228 g/mol. The van der Waals surface area contributed by atoms with Gasteiger partial charge in [0.15, 0.2) is 0 Å². The Labute approximate surface area is 101 Å². The largest absolute Gasteiger partial charge is 0.367 e. The van der Waals surface area contributed by atoms with Crippen LogP contribution in [-0.2, 0) is 11.8 Å². The van der Waals surface area contributed by atoms with Gasteiger partial charge in [0.25, 0.3) is 0 Å². The molecule has 3 nitrogen and oxygen atoms in total. The molecule has 1 atom stereocenters. The second-order valence-corrected chi connectivity index (χ2v) is 4.93. The summed E-state index contributed by atoms with van der Waals surface area (Å²) in [5.41, 5.74) is 9.18. The first-order chi connectivity index (χ1) is 8.22. The quantitative estimate of drug-likeness (QED) is 0.816. The Balaban J connectivity index is 2.16. The molecule has 3 rings (SSSR count). The molecule has 0 spiro atoms. The highest BCUT2D eigenvalue weighted by Gasteiger charge is 2.38. The van der Waals surface area contributed by atoms with Gasteiger partial charge in [-0.25, -0.2) is 0 Å².